The molecule has 2 aromatic rings. The summed E-state index contributed by atoms with van der Waals surface area (Å²) in [5.74, 6) is 0.254. The number of tetrazole rings is 1. The number of piperidine rings is 1. The summed E-state index contributed by atoms with van der Waals surface area (Å²) in [5, 5.41) is 11.4. The second-order valence-corrected chi connectivity index (χ2v) is 7.75. The van der Waals surface area contributed by atoms with Gasteiger partial charge in [-0.05, 0) is 28.8 Å². The van der Waals surface area contributed by atoms with E-state index >= 15 is 0 Å². The van der Waals surface area contributed by atoms with Crippen LogP contribution in [0.5, 0.6) is 0 Å². The maximum Gasteiger partial charge on any atom is 0.247 e. The Kier molecular flexibility index (Phi) is 4.63. The Balaban J connectivity index is 1.47. The molecule has 0 bridgehead atoms. The zero-order chi connectivity index (χ0) is 18.9. The van der Waals surface area contributed by atoms with Crippen LogP contribution < -0.4 is 0 Å². The Hall–Kier alpha value is -2.77. The minimum absolute atomic E-state index is 0.0341. The van der Waals surface area contributed by atoms with Crippen LogP contribution in [0.25, 0.3) is 0 Å². The highest BCUT2D eigenvalue weighted by molar-refractivity contribution is 5.81. The average molecular weight is 368 g/mol. The molecule has 0 aliphatic carbocycles. The van der Waals surface area contributed by atoms with Gasteiger partial charge in [-0.1, -0.05) is 30.3 Å². The van der Waals surface area contributed by atoms with Crippen LogP contribution in [0, 0.1) is 5.41 Å². The number of likely N-dealkylation sites (tertiary alicyclic amines) is 2. The molecule has 4 rings (SSSR count). The van der Waals surface area contributed by atoms with Crippen LogP contribution in [0.3, 0.4) is 0 Å². The number of hydrogen-bond acceptors (Lipinski definition) is 5. The van der Waals surface area contributed by atoms with Gasteiger partial charge in [0.1, 0.15) is 12.4 Å². The number of rotatable bonds is 4. The Morgan fingerprint density at radius 3 is 2.56 bits per heavy atom. The fourth-order valence-electron chi connectivity index (χ4n) is 4.29. The number of amides is 2. The predicted octanol–water partition coefficient (Wildman–Crippen LogP) is 0.928. The molecule has 2 aliphatic heterocycles. The molecular weight excluding hydrogens is 344 g/mol. The molecule has 1 atom stereocenters. The number of nitrogens with zero attached hydrogens (tertiary/aromatic N) is 6. The van der Waals surface area contributed by atoms with Crippen molar-refractivity contribution in [3.63, 3.8) is 0 Å². The average Bonchev–Trinajstić information content (AvgIpc) is 3.30. The fourth-order valence-corrected chi connectivity index (χ4v) is 4.29. The number of carbonyl (C=O) groups is 2. The lowest BCUT2D eigenvalue weighted by Gasteiger charge is -2.39. The predicted molar refractivity (Wildman–Crippen MR) is 97.5 cm³/mol. The van der Waals surface area contributed by atoms with Crippen LogP contribution in [-0.4, -0.2) is 68.5 Å². The third-order valence-electron chi connectivity index (χ3n) is 5.90. The van der Waals surface area contributed by atoms with E-state index < -0.39 is 6.04 Å². The Bertz CT molecular complexity index is 799. The summed E-state index contributed by atoms with van der Waals surface area (Å²) in [6, 6.07) is 9.46. The van der Waals surface area contributed by atoms with Crippen LogP contribution in [0.2, 0.25) is 0 Å². The lowest BCUT2D eigenvalue weighted by atomic mass is 9.77. The monoisotopic (exact) mass is 368 g/mol. The highest BCUT2D eigenvalue weighted by atomic mass is 16.2. The highest BCUT2D eigenvalue weighted by Gasteiger charge is 2.44. The summed E-state index contributed by atoms with van der Waals surface area (Å²) in [4.78, 5) is 28.9. The molecule has 27 heavy (non-hydrogen) atoms. The van der Waals surface area contributed by atoms with Gasteiger partial charge in [0.2, 0.25) is 11.8 Å². The van der Waals surface area contributed by atoms with E-state index in [4.69, 9.17) is 0 Å². The van der Waals surface area contributed by atoms with Gasteiger partial charge < -0.3 is 9.80 Å². The Morgan fingerprint density at radius 1 is 1.22 bits per heavy atom. The van der Waals surface area contributed by atoms with E-state index in [0.29, 0.717) is 25.9 Å². The molecular formula is C19H24N6O2. The van der Waals surface area contributed by atoms with E-state index in [0.717, 1.165) is 24.9 Å². The van der Waals surface area contributed by atoms with Gasteiger partial charge in [-0.15, -0.1) is 5.10 Å². The van der Waals surface area contributed by atoms with Gasteiger partial charge in [-0.2, -0.15) is 0 Å². The molecule has 2 saturated heterocycles. The van der Waals surface area contributed by atoms with Crippen molar-refractivity contribution in [2.24, 2.45) is 5.41 Å². The minimum atomic E-state index is -0.454. The summed E-state index contributed by atoms with van der Waals surface area (Å²) in [6.45, 7) is 2.15. The van der Waals surface area contributed by atoms with Crippen molar-refractivity contribution in [1.29, 1.82) is 0 Å². The molecule has 2 fully saturated rings. The van der Waals surface area contributed by atoms with Crippen molar-refractivity contribution >= 4 is 11.8 Å². The molecule has 8 nitrogen and oxygen atoms in total. The summed E-state index contributed by atoms with van der Waals surface area (Å²) >= 11 is 0. The molecule has 2 amide bonds. The van der Waals surface area contributed by atoms with E-state index in [1.54, 1.807) is 4.68 Å². The maximum absolute atomic E-state index is 13.3. The minimum Gasteiger partial charge on any atom is -0.345 e. The molecule has 8 heteroatoms. The van der Waals surface area contributed by atoms with Gasteiger partial charge in [-0.3, -0.25) is 9.59 Å². The van der Waals surface area contributed by atoms with Gasteiger partial charge in [0, 0.05) is 44.9 Å². The first-order valence-electron chi connectivity index (χ1n) is 9.35. The number of hydrogen-bond donors (Lipinski definition) is 0. The molecule has 142 valence electrons. The molecule has 1 aromatic carbocycles. The molecule has 0 saturated carbocycles. The van der Waals surface area contributed by atoms with Gasteiger partial charge in [0.25, 0.3) is 0 Å². The first kappa shape index (κ1) is 17.6. The molecule has 3 heterocycles. The van der Waals surface area contributed by atoms with Gasteiger partial charge >= 0.3 is 0 Å². The quantitative estimate of drug-likeness (QED) is 0.802. The second-order valence-electron chi connectivity index (χ2n) is 7.75. The van der Waals surface area contributed by atoms with Crippen molar-refractivity contribution in [3.05, 3.63) is 42.2 Å². The number of benzene rings is 1. The van der Waals surface area contributed by atoms with Gasteiger partial charge in [0.05, 0.1) is 0 Å². The van der Waals surface area contributed by atoms with E-state index in [2.05, 4.69) is 15.5 Å². The van der Waals surface area contributed by atoms with E-state index in [-0.39, 0.29) is 17.2 Å². The van der Waals surface area contributed by atoms with Crippen molar-refractivity contribution in [3.8, 4) is 0 Å². The molecule has 2 aliphatic rings. The topological polar surface area (TPSA) is 84.2 Å². The molecule has 0 N–H and O–H groups in total. The summed E-state index contributed by atoms with van der Waals surface area (Å²) in [7, 11) is 1.86. The largest absolute Gasteiger partial charge is 0.345 e. The maximum atomic E-state index is 13.3. The second kappa shape index (κ2) is 7.09. The third kappa shape index (κ3) is 3.56. The normalized spacial score (nSPS) is 20.3. The van der Waals surface area contributed by atoms with Crippen molar-refractivity contribution in [1.82, 2.24) is 30.0 Å². The fraction of sp³-hybridized carbons (Fsp3) is 0.526. The smallest absolute Gasteiger partial charge is 0.247 e. The molecule has 1 aromatic heterocycles. The van der Waals surface area contributed by atoms with Gasteiger partial charge in [-0.25, -0.2) is 4.68 Å². The van der Waals surface area contributed by atoms with Crippen LogP contribution in [-0.2, 0) is 16.0 Å². The molecule has 1 spiro atoms. The summed E-state index contributed by atoms with van der Waals surface area (Å²) in [5.41, 5.74) is 1.11. The Morgan fingerprint density at radius 2 is 1.96 bits per heavy atom. The molecule has 0 radical (unpaired) electrons. The SMILES string of the molecule is CN1CC2(CCN(C(=O)[C@@H](Cc3ccccc3)n3cnnn3)CC2)CC1=O. The zero-order valence-corrected chi connectivity index (χ0v) is 15.5. The lowest BCUT2D eigenvalue weighted by Crippen LogP contribution is -2.47. The standard InChI is InChI=1S/C19H24N6O2/c1-23-13-19(12-17(23)26)7-9-24(10-8-19)18(27)16(25-14-20-21-22-25)11-15-5-3-2-4-6-15/h2-6,14,16H,7-13H2,1H3/t16-/m1/s1. The van der Waals surface area contributed by atoms with Crippen molar-refractivity contribution in [2.45, 2.75) is 31.7 Å². The van der Waals surface area contributed by atoms with E-state index in [1.165, 1.54) is 6.33 Å². The third-order valence-corrected chi connectivity index (χ3v) is 5.90. The first-order valence-corrected chi connectivity index (χ1v) is 9.35. The zero-order valence-electron chi connectivity index (χ0n) is 15.5. The number of carbonyl (C=O) groups excluding carboxylic acids is 2. The van der Waals surface area contributed by atoms with Crippen molar-refractivity contribution < 1.29 is 9.59 Å². The lowest BCUT2D eigenvalue weighted by molar-refractivity contribution is -0.137. The summed E-state index contributed by atoms with van der Waals surface area (Å²) in [6.07, 6.45) is 4.38. The van der Waals surface area contributed by atoms with Crippen LogP contribution in [0.4, 0.5) is 0 Å². The van der Waals surface area contributed by atoms with E-state index in [1.807, 2.05) is 47.2 Å². The van der Waals surface area contributed by atoms with Gasteiger partial charge in [0.15, 0.2) is 0 Å². The first-order chi connectivity index (χ1) is 13.1. The number of aromatic nitrogens is 4. The highest BCUT2D eigenvalue weighted by Crippen LogP contribution is 2.40. The van der Waals surface area contributed by atoms with Crippen LogP contribution in [0.15, 0.2) is 36.7 Å². The van der Waals surface area contributed by atoms with Crippen LogP contribution in [0.1, 0.15) is 30.9 Å². The van der Waals surface area contributed by atoms with Crippen LogP contribution >= 0.6 is 0 Å². The van der Waals surface area contributed by atoms with Crippen molar-refractivity contribution in [2.75, 3.05) is 26.7 Å². The Labute approximate surface area is 158 Å². The van der Waals surface area contributed by atoms with E-state index in [9.17, 15) is 9.59 Å². The summed E-state index contributed by atoms with van der Waals surface area (Å²) < 4.78 is 1.55. The molecule has 0 unspecified atom stereocenters.